The quantitative estimate of drug-likeness (QED) is 0.552. The van der Waals surface area contributed by atoms with Crippen LogP contribution in [-0.2, 0) is 5.54 Å². The Labute approximate surface area is 147 Å². The van der Waals surface area contributed by atoms with E-state index in [1.54, 1.807) is 0 Å². The third-order valence-corrected chi connectivity index (χ3v) is 4.30. The van der Waals surface area contributed by atoms with E-state index in [0.29, 0.717) is 0 Å². The topological polar surface area (TPSA) is 46.5 Å². The first kappa shape index (κ1) is 15.6. The Morgan fingerprint density at radius 3 is 2.44 bits per heavy atom. The Morgan fingerprint density at radius 1 is 0.960 bits per heavy atom. The molecule has 0 aliphatic heterocycles. The van der Waals surface area contributed by atoms with Crippen molar-refractivity contribution < 1.29 is 0 Å². The largest absolute Gasteiger partial charge is 0.337 e. The highest BCUT2D eigenvalue weighted by atomic mass is 15.3. The molecule has 4 aromatic rings. The summed E-state index contributed by atoms with van der Waals surface area (Å²) >= 11 is 0. The molecule has 0 aliphatic rings. The Morgan fingerprint density at radius 2 is 1.72 bits per heavy atom. The van der Waals surface area contributed by atoms with Gasteiger partial charge in [-0.1, -0.05) is 36.4 Å². The van der Waals surface area contributed by atoms with E-state index in [9.17, 15) is 0 Å². The number of benzene rings is 2. The summed E-state index contributed by atoms with van der Waals surface area (Å²) in [6, 6.07) is 18.7. The van der Waals surface area contributed by atoms with Crippen molar-refractivity contribution in [2.75, 3.05) is 0 Å². The molecule has 0 spiro atoms. The molecule has 0 saturated carbocycles. The number of fused-ring (bicyclic) bond motifs is 1. The van der Waals surface area contributed by atoms with Crippen molar-refractivity contribution in [1.82, 2.24) is 19.7 Å². The van der Waals surface area contributed by atoms with Crippen LogP contribution in [0.5, 0.6) is 0 Å². The first-order valence-corrected chi connectivity index (χ1v) is 8.54. The fraction of sp³-hybridized carbons (Fsp3) is 0.238. The molecule has 25 heavy (non-hydrogen) atoms. The van der Waals surface area contributed by atoms with Crippen molar-refractivity contribution in [3.63, 3.8) is 0 Å². The van der Waals surface area contributed by atoms with Crippen LogP contribution in [0.25, 0.3) is 33.8 Å². The molecule has 0 bridgehead atoms. The van der Waals surface area contributed by atoms with Crippen molar-refractivity contribution in [2.24, 2.45) is 0 Å². The number of hydrogen-bond donors (Lipinski definition) is 1. The van der Waals surface area contributed by atoms with Crippen molar-refractivity contribution in [3.8, 4) is 22.8 Å². The molecule has 0 unspecified atom stereocenters. The van der Waals surface area contributed by atoms with Crippen LogP contribution >= 0.6 is 0 Å². The van der Waals surface area contributed by atoms with Gasteiger partial charge in [0.15, 0.2) is 5.82 Å². The minimum absolute atomic E-state index is 0.119. The molecule has 4 heteroatoms. The fourth-order valence-electron chi connectivity index (χ4n) is 3.06. The van der Waals surface area contributed by atoms with E-state index in [1.807, 2.05) is 6.07 Å². The summed E-state index contributed by atoms with van der Waals surface area (Å²) in [6.45, 7) is 8.57. The van der Waals surface area contributed by atoms with Crippen LogP contribution < -0.4 is 0 Å². The zero-order valence-corrected chi connectivity index (χ0v) is 15.0. The Kier molecular flexibility index (Phi) is 3.49. The van der Waals surface area contributed by atoms with Gasteiger partial charge in [0, 0.05) is 0 Å². The van der Waals surface area contributed by atoms with Gasteiger partial charge < -0.3 is 4.98 Å². The summed E-state index contributed by atoms with van der Waals surface area (Å²) in [4.78, 5) is 8.14. The van der Waals surface area contributed by atoms with Crippen molar-refractivity contribution in [1.29, 1.82) is 0 Å². The molecule has 2 aromatic heterocycles. The summed E-state index contributed by atoms with van der Waals surface area (Å²) in [7, 11) is 0. The van der Waals surface area contributed by atoms with Crippen molar-refractivity contribution in [3.05, 3.63) is 60.2 Å². The first-order chi connectivity index (χ1) is 11.9. The molecule has 4 nitrogen and oxygen atoms in total. The average molecular weight is 330 g/mol. The van der Waals surface area contributed by atoms with Gasteiger partial charge in [-0.05, 0) is 57.0 Å². The fourth-order valence-corrected chi connectivity index (χ4v) is 3.06. The highest BCUT2D eigenvalue weighted by Crippen LogP contribution is 2.30. The number of nitrogens with zero attached hydrogens (tertiary/aromatic N) is 3. The lowest BCUT2D eigenvalue weighted by Crippen LogP contribution is -2.24. The van der Waals surface area contributed by atoms with E-state index in [2.05, 4.69) is 85.9 Å². The number of H-pyrrole nitrogens is 1. The maximum Gasteiger partial charge on any atom is 0.159 e. The van der Waals surface area contributed by atoms with Gasteiger partial charge in [0.05, 0.1) is 22.3 Å². The minimum atomic E-state index is -0.119. The summed E-state index contributed by atoms with van der Waals surface area (Å²) in [5, 5.41) is 4.87. The van der Waals surface area contributed by atoms with Crippen LogP contribution in [0.15, 0.2) is 54.6 Å². The summed E-state index contributed by atoms with van der Waals surface area (Å²) in [5.41, 5.74) is 6.21. The Bertz CT molecular complexity index is 1030. The number of aromatic amines is 1. The molecule has 0 saturated heterocycles. The molecule has 0 aliphatic carbocycles. The summed E-state index contributed by atoms with van der Waals surface area (Å²) in [5.74, 6) is 0.806. The maximum absolute atomic E-state index is 4.87. The summed E-state index contributed by atoms with van der Waals surface area (Å²) < 4.78 is 2.08. The van der Waals surface area contributed by atoms with Gasteiger partial charge >= 0.3 is 0 Å². The van der Waals surface area contributed by atoms with E-state index < -0.39 is 0 Å². The van der Waals surface area contributed by atoms with E-state index in [0.717, 1.165) is 33.8 Å². The molecule has 126 valence electrons. The number of hydrogen-bond acceptors (Lipinski definition) is 2. The van der Waals surface area contributed by atoms with Crippen molar-refractivity contribution >= 4 is 11.0 Å². The number of aromatic nitrogens is 4. The normalized spacial score (nSPS) is 12.0. The standard InChI is InChI=1S/C21H22N4/c1-14-10-11-16-17(12-14)23-20(22-16)18-13-19(15-8-6-5-7-9-15)25(24-18)21(2,3)4/h5-13H,1-4H3,(H,22,23). The first-order valence-electron chi connectivity index (χ1n) is 8.54. The molecule has 0 fully saturated rings. The summed E-state index contributed by atoms with van der Waals surface area (Å²) in [6.07, 6.45) is 0. The SMILES string of the molecule is Cc1ccc2[nH]c(-c3cc(-c4ccccc4)n(C(C)(C)C)n3)nc2c1. The van der Waals surface area contributed by atoms with Gasteiger partial charge in [-0.3, -0.25) is 4.68 Å². The number of imidazole rings is 1. The van der Waals surface area contributed by atoms with E-state index in [1.165, 1.54) is 5.56 Å². The van der Waals surface area contributed by atoms with Crippen LogP contribution in [0.4, 0.5) is 0 Å². The predicted molar refractivity (Wildman–Crippen MR) is 102 cm³/mol. The second kappa shape index (κ2) is 5.59. The Hall–Kier alpha value is -2.88. The Balaban J connectivity index is 1.89. The van der Waals surface area contributed by atoms with E-state index in [4.69, 9.17) is 10.1 Å². The van der Waals surface area contributed by atoms with Gasteiger partial charge in [-0.25, -0.2) is 4.98 Å². The predicted octanol–water partition coefficient (Wildman–Crippen LogP) is 5.16. The van der Waals surface area contributed by atoms with Gasteiger partial charge in [0.1, 0.15) is 5.69 Å². The minimum Gasteiger partial charge on any atom is -0.337 e. The number of aryl methyl sites for hydroxylation is 1. The molecule has 4 rings (SSSR count). The lowest BCUT2D eigenvalue weighted by atomic mass is 10.1. The van der Waals surface area contributed by atoms with Crippen LogP contribution in [0.2, 0.25) is 0 Å². The second-order valence-electron chi connectivity index (χ2n) is 7.47. The smallest absolute Gasteiger partial charge is 0.159 e. The van der Waals surface area contributed by atoms with Gasteiger partial charge in [0.2, 0.25) is 0 Å². The maximum atomic E-state index is 4.87. The highest BCUT2D eigenvalue weighted by molar-refractivity contribution is 5.80. The molecule has 2 aromatic carbocycles. The van der Waals surface area contributed by atoms with Crippen LogP contribution in [0.1, 0.15) is 26.3 Å². The van der Waals surface area contributed by atoms with Crippen LogP contribution in [0.3, 0.4) is 0 Å². The zero-order chi connectivity index (χ0) is 17.6. The molecule has 2 heterocycles. The van der Waals surface area contributed by atoms with E-state index in [-0.39, 0.29) is 5.54 Å². The monoisotopic (exact) mass is 330 g/mol. The van der Waals surface area contributed by atoms with Crippen LogP contribution in [-0.4, -0.2) is 19.7 Å². The lowest BCUT2D eigenvalue weighted by molar-refractivity contribution is 0.361. The zero-order valence-electron chi connectivity index (χ0n) is 15.0. The highest BCUT2D eigenvalue weighted by Gasteiger charge is 2.22. The second-order valence-corrected chi connectivity index (χ2v) is 7.47. The lowest BCUT2D eigenvalue weighted by Gasteiger charge is -2.22. The third kappa shape index (κ3) is 2.84. The molecular weight excluding hydrogens is 308 g/mol. The average Bonchev–Trinajstić information content (AvgIpc) is 3.18. The number of rotatable bonds is 2. The van der Waals surface area contributed by atoms with Gasteiger partial charge in [0.25, 0.3) is 0 Å². The third-order valence-electron chi connectivity index (χ3n) is 4.30. The van der Waals surface area contributed by atoms with Crippen molar-refractivity contribution in [2.45, 2.75) is 33.2 Å². The molecule has 0 radical (unpaired) electrons. The molecule has 1 N–H and O–H groups in total. The molecule has 0 atom stereocenters. The van der Waals surface area contributed by atoms with Gasteiger partial charge in [-0.15, -0.1) is 0 Å². The molecule has 0 amide bonds. The van der Waals surface area contributed by atoms with Crippen LogP contribution in [0, 0.1) is 6.92 Å². The number of nitrogens with one attached hydrogen (secondary N) is 1. The van der Waals surface area contributed by atoms with Gasteiger partial charge in [-0.2, -0.15) is 5.10 Å². The van der Waals surface area contributed by atoms with E-state index >= 15 is 0 Å². The molecular formula is C21H22N4.